The molecule has 0 spiro atoms. The molecule has 1 heterocycles. The predicted molar refractivity (Wildman–Crippen MR) is 81.0 cm³/mol. The lowest BCUT2D eigenvalue weighted by Gasteiger charge is -2.34. The summed E-state index contributed by atoms with van der Waals surface area (Å²) in [6, 6.07) is 5.02. The molecule has 18 heavy (non-hydrogen) atoms. The summed E-state index contributed by atoms with van der Waals surface area (Å²) in [5.41, 5.74) is 8.22. The lowest BCUT2D eigenvalue weighted by atomic mass is 10.1. The zero-order valence-electron chi connectivity index (χ0n) is 11.9. The quantitative estimate of drug-likeness (QED) is 0.824. The molecule has 0 saturated carbocycles. The van der Waals surface area contributed by atoms with Crippen molar-refractivity contribution in [3.05, 3.63) is 29.6 Å². The monoisotopic (exact) mass is 267 g/mol. The molecule has 0 aliphatic rings. The van der Waals surface area contributed by atoms with Gasteiger partial charge in [0.05, 0.1) is 0 Å². The largest absolute Gasteiger partial charge is 0.329 e. The Morgan fingerprint density at radius 3 is 2.61 bits per heavy atom. The third-order valence-corrected chi connectivity index (χ3v) is 4.16. The van der Waals surface area contributed by atoms with Crippen molar-refractivity contribution in [3.63, 3.8) is 0 Å². The van der Waals surface area contributed by atoms with Gasteiger partial charge in [-0.3, -0.25) is 9.88 Å². The summed E-state index contributed by atoms with van der Waals surface area (Å²) in [6.07, 6.45) is 5.25. The third-order valence-electron chi connectivity index (χ3n) is 3.44. The van der Waals surface area contributed by atoms with E-state index in [0.717, 1.165) is 17.9 Å². The lowest BCUT2D eigenvalue weighted by molar-refractivity contribution is 0.187. The minimum absolute atomic E-state index is 0.259. The number of nitrogens with two attached hydrogens (primary N) is 1. The molecule has 0 aromatic carbocycles. The van der Waals surface area contributed by atoms with Gasteiger partial charge in [-0.2, -0.15) is 11.8 Å². The van der Waals surface area contributed by atoms with Gasteiger partial charge in [0.2, 0.25) is 0 Å². The van der Waals surface area contributed by atoms with Crippen molar-refractivity contribution >= 4 is 11.8 Å². The Morgan fingerprint density at radius 1 is 1.44 bits per heavy atom. The van der Waals surface area contributed by atoms with Gasteiger partial charge in [0.15, 0.2) is 0 Å². The number of hydrogen-bond acceptors (Lipinski definition) is 4. The van der Waals surface area contributed by atoms with Crippen molar-refractivity contribution in [1.29, 1.82) is 0 Å². The van der Waals surface area contributed by atoms with Crippen LogP contribution in [0.3, 0.4) is 0 Å². The molecule has 2 atom stereocenters. The smallest absolute Gasteiger partial charge is 0.0485 e. The van der Waals surface area contributed by atoms with Crippen molar-refractivity contribution < 1.29 is 0 Å². The minimum Gasteiger partial charge on any atom is -0.329 e. The molecular formula is C14H25N3S. The summed E-state index contributed by atoms with van der Waals surface area (Å²) >= 11 is 1.89. The van der Waals surface area contributed by atoms with Gasteiger partial charge >= 0.3 is 0 Å². The molecule has 102 valence electrons. The molecule has 0 fully saturated rings. The number of hydrogen-bond donors (Lipinski definition) is 1. The summed E-state index contributed by atoms with van der Waals surface area (Å²) in [5.74, 6) is 1.14. The van der Waals surface area contributed by atoms with Gasteiger partial charge in [-0.05, 0) is 38.3 Å². The van der Waals surface area contributed by atoms with E-state index in [2.05, 4.69) is 42.2 Å². The number of likely N-dealkylation sites (N-methyl/N-ethyl adjacent to an activating group) is 1. The van der Waals surface area contributed by atoms with E-state index < -0.39 is 0 Å². The van der Waals surface area contributed by atoms with E-state index in [1.807, 2.05) is 24.9 Å². The Balaban J connectivity index is 2.84. The van der Waals surface area contributed by atoms with Crippen LogP contribution in [0.4, 0.5) is 0 Å². The predicted octanol–water partition coefficient (Wildman–Crippen LogP) is 2.46. The summed E-state index contributed by atoms with van der Waals surface area (Å²) in [7, 11) is 2.17. The second-order valence-corrected chi connectivity index (χ2v) is 5.58. The highest BCUT2D eigenvalue weighted by Gasteiger charge is 2.21. The standard InChI is InChI=1S/C14H25N3S/c1-5-13(10-18-4)17(3)14(8-15)12-7-6-11(2)16-9-12/h6-7,9,13-14H,5,8,10,15H2,1-4H3. The van der Waals surface area contributed by atoms with E-state index in [0.29, 0.717) is 12.6 Å². The fourth-order valence-corrected chi connectivity index (χ4v) is 3.04. The van der Waals surface area contributed by atoms with Crippen LogP contribution in [0.5, 0.6) is 0 Å². The van der Waals surface area contributed by atoms with E-state index in [-0.39, 0.29) is 6.04 Å². The molecule has 2 N–H and O–H groups in total. The van der Waals surface area contributed by atoms with Crippen LogP contribution in [0.1, 0.15) is 30.6 Å². The second-order valence-electron chi connectivity index (χ2n) is 4.67. The number of nitrogens with zero attached hydrogens (tertiary/aromatic N) is 2. The maximum absolute atomic E-state index is 5.96. The number of rotatable bonds is 7. The maximum atomic E-state index is 5.96. The van der Waals surface area contributed by atoms with Crippen LogP contribution in [0, 0.1) is 6.92 Å². The van der Waals surface area contributed by atoms with Crippen LogP contribution in [-0.4, -0.2) is 41.5 Å². The highest BCUT2D eigenvalue weighted by atomic mass is 32.2. The molecule has 0 aliphatic heterocycles. The SMILES string of the molecule is CCC(CSC)N(C)C(CN)c1ccc(C)nc1. The molecule has 0 amide bonds. The van der Waals surface area contributed by atoms with Crippen molar-refractivity contribution in [2.75, 3.05) is 25.6 Å². The Hall–Kier alpha value is -0.580. The van der Waals surface area contributed by atoms with Crippen LogP contribution in [0.15, 0.2) is 18.3 Å². The number of aromatic nitrogens is 1. The van der Waals surface area contributed by atoms with Crippen LogP contribution in [0.2, 0.25) is 0 Å². The van der Waals surface area contributed by atoms with Gasteiger partial charge in [0.25, 0.3) is 0 Å². The lowest BCUT2D eigenvalue weighted by Crippen LogP contribution is -2.39. The van der Waals surface area contributed by atoms with E-state index in [9.17, 15) is 0 Å². The summed E-state index contributed by atoms with van der Waals surface area (Å²) in [6.45, 7) is 4.87. The second kappa shape index (κ2) is 7.77. The van der Waals surface area contributed by atoms with E-state index in [1.54, 1.807) is 0 Å². The topological polar surface area (TPSA) is 42.1 Å². The van der Waals surface area contributed by atoms with Gasteiger partial charge in [0, 0.05) is 36.3 Å². The normalized spacial score (nSPS) is 14.8. The number of thioether (sulfide) groups is 1. The zero-order valence-corrected chi connectivity index (χ0v) is 12.7. The van der Waals surface area contributed by atoms with Crippen molar-refractivity contribution in [3.8, 4) is 0 Å². The van der Waals surface area contributed by atoms with Crippen molar-refractivity contribution in [1.82, 2.24) is 9.88 Å². The molecule has 0 aliphatic carbocycles. The molecule has 1 aromatic rings. The van der Waals surface area contributed by atoms with Crippen LogP contribution >= 0.6 is 11.8 Å². The summed E-state index contributed by atoms with van der Waals surface area (Å²) < 4.78 is 0. The fraction of sp³-hybridized carbons (Fsp3) is 0.643. The van der Waals surface area contributed by atoms with Crippen LogP contribution in [-0.2, 0) is 0 Å². The first-order valence-electron chi connectivity index (χ1n) is 6.47. The molecule has 1 aromatic heterocycles. The zero-order chi connectivity index (χ0) is 13.5. The Kier molecular flexibility index (Phi) is 6.68. The molecule has 4 heteroatoms. The van der Waals surface area contributed by atoms with Gasteiger partial charge in [0.1, 0.15) is 0 Å². The highest BCUT2D eigenvalue weighted by Crippen LogP contribution is 2.22. The van der Waals surface area contributed by atoms with Gasteiger partial charge in [-0.1, -0.05) is 13.0 Å². The first-order chi connectivity index (χ1) is 8.63. The van der Waals surface area contributed by atoms with Gasteiger partial charge < -0.3 is 5.73 Å². The Labute approximate surface area is 115 Å². The first-order valence-corrected chi connectivity index (χ1v) is 7.86. The number of pyridine rings is 1. The average molecular weight is 267 g/mol. The van der Waals surface area contributed by atoms with Crippen molar-refractivity contribution in [2.24, 2.45) is 5.73 Å². The molecule has 0 saturated heterocycles. The fourth-order valence-electron chi connectivity index (χ4n) is 2.18. The van der Waals surface area contributed by atoms with Gasteiger partial charge in [-0.25, -0.2) is 0 Å². The molecule has 0 radical (unpaired) electrons. The Morgan fingerprint density at radius 2 is 2.17 bits per heavy atom. The van der Waals surface area contributed by atoms with Crippen LogP contribution in [0.25, 0.3) is 0 Å². The summed E-state index contributed by atoms with van der Waals surface area (Å²) in [5, 5.41) is 0. The number of aryl methyl sites for hydroxylation is 1. The average Bonchev–Trinajstić information content (AvgIpc) is 2.38. The van der Waals surface area contributed by atoms with E-state index >= 15 is 0 Å². The first kappa shape index (κ1) is 15.5. The maximum Gasteiger partial charge on any atom is 0.0485 e. The highest BCUT2D eigenvalue weighted by molar-refractivity contribution is 7.98. The molecule has 1 rings (SSSR count). The third kappa shape index (κ3) is 3.97. The minimum atomic E-state index is 0.259. The van der Waals surface area contributed by atoms with Gasteiger partial charge in [-0.15, -0.1) is 0 Å². The Bertz CT molecular complexity index is 339. The van der Waals surface area contributed by atoms with E-state index in [1.165, 1.54) is 5.56 Å². The van der Waals surface area contributed by atoms with Crippen molar-refractivity contribution in [2.45, 2.75) is 32.4 Å². The molecule has 3 nitrogen and oxygen atoms in total. The molecule has 2 unspecified atom stereocenters. The summed E-state index contributed by atoms with van der Waals surface area (Å²) in [4.78, 5) is 6.77. The van der Waals surface area contributed by atoms with E-state index in [4.69, 9.17) is 5.73 Å². The van der Waals surface area contributed by atoms with Crippen LogP contribution < -0.4 is 5.73 Å². The molecular weight excluding hydrogens is 242 g/mol. The molecule has 0 bridgehead atoms.